The fourth-order valence-electron chi connectivity index (χ4n) is 1.98. The first-order valence-corrected chi connectivity index (χ1v) is 6.43. The average Bonchev–Trinajstić information content (AvgIpc) is 2.74. The molecule has 0 bridgehead atoms. The molecule has 15 heavy (non-hydrogen) atoms. The van der Waals surface area contributed by atoms with E-state index in [1.807, 2.05) is 0 Å². The number of rotatable bonds is 2. The summed E-state index contributed by atoms with van der Waals surface area (Å²) >= 11 is 3.75. The smallest absolute Gasteiger partial charge is 0.0741 e. The van der Waals surface area contributed by atoms with Crippen LogP contribution in [0.15, 0.2) is 18.2 Å². The summed E-state index contributed by atoms with van der Waals surface area (Å²) in [5.41, 5.74) is 4.05. The van der Waals surface area contributed by atoms with Crippen molar-refractivity contribution >= 4 is 15.9 Å². The maximum atomic E-state index is 5.69. The van der Waals surface area contributed by atoms with Crippen LogP contribution in [0, 0.1) is 13.8 Å². The molecule has 1 aliphatic rings. The second kappa shape index (κ2) is 4.67. The van der Waals surface area contributed by atoms with E-state index in [2.05, 4.69) is 48.0 Å². The van der Waals surface area contributed by atoms with E-state index in [1.54, 1.807) is 0 Å². The van der Waals surface area contributed by atoms with Crippen LogP contribution in [0.25, 0.3) is 0 Å². The third kappa shape index (κ3) is 2.43. The second-order valence-corrected chi connectivity index (χ2v) is 5.28. The van der Waals surface area contributed by atoms with Crippen LogP contribution in [0.3, 0.4) is 0 Å². The van der Waals surface area contributed by atoms with Crippen LogP contribution >= 0.6 is 15.9 Å². The van der Waals surface area contributed by atoms with Crippen molar-refractivity contribution in [1.29, 1.82) is 0 Å². The van der Waals surface area contributed by atoms with Gasteiger partial charge in [-0.25, -0.2) is 0 Å². The highest BCUT2D eigenvalue weighted by atomic mass is 79.9. The summed E-state index contributed by atoms with van der Waals surface area (Å²) in [6, 6.07) is 6.65. The standard InChI is InChI=1S/C13H17BrO/c1-9-5-6-11(8-10(9)2)13(14)12-4-3-7-15-12/h5-6,8,12-13H,3-4,7H2,1-2H3. The van der Waals surface area contributed by atoms with E-state index in [9.17, 15) is 0 Å². The Kier molecular flexibility index (Phi) is 3.47. The molecule has 0 radical (unpaired) electrons. The lowest BCUT2D eigenvalue weighted by Crippen LogP contribution is -2.12. The molecule has 0 saturated carbocycles. The minimum Gasteiger partial charge on any atom is -0.377 e. The Morgan fingerprint density at radius 1 is 1.33 bits per heavy atom. The van der Waals surface area contributed by atoms with E-state index in [-0.39, 0.29) is 0 Å². The van der Waals surface area contributed by atoms with Gasteiger partial charge in [0.05, 0.1) is 10.9 Å². The molecule has 2 heteroatoms. The van der Waals surface area contributed by atoms with Gasteiger partial charge in [-0.3, -0.25) is 0 Å². The molecule has 2 unspecified atom stereocenters. The quantitative estimate of drug-likeness (QED) is 0.739. The number of halogens is 1. The van der Waals surface area contributed by atoms with Crippen LogP contribution in [0.1, 0.15) is 34.4 Å². The number of hydrogen-bond donors (Lipinski definition) is 0. The number of benzene rings is 1. The topological polar surface area (TPSA) is 9.23 Å². The van der Waals surface area contributed by atoms with Gasteiger partial charge in [-0.2, -0.15) is 0 Å². The molecule has 1 aromatic carbocycles. The maximum absolute atomic E-state index is 5.69. The van der Waals surface area contributed by atoms with Gasteiger partial charge in [-0.1, -0.05) is 34.1 Å². The van der Waals surface area contributed by atoms with Crippen molar-refractivity contribution in [3.8, 4) is 0 Å². The summed E-state index contributed by atoms with van der Waals surface area (Å²) in [5.74, 6) is 0. The number of alkyl halides is 1. The molecule has 82 valence electrons. The summed E-state index contributed by atoms with van der Waals surface area (Å²) in [7, 11) is 0. The van der Waals surface area contributed by atoms with Crippen LogP contribution in [0.4, 0.5) is 0 Å². The summed E-state index contributed by atoms with van der Waals surface area (Å²) in [6.45, 7) is 5.22. The fraction of sp³-hybridized carbons (Fsp3) is 0.538. The summed E-state index contributed by atoms with van der Waals surface area (Å²) in [4.78, 5) is 0.347. The molecule has 0 aliphatic carbocycles. The SMILES string of the molecule is Cc1ccc(C(Br)C2CCCO2)cc1C. The minimum absolute atomic E-state index is 0.347. The third-order valence-corrected chi connectivity index (χ3v) is 4.26. The Labute approximate surface area is 100.0 Å². The van der Waals surface area contributed by atoms with E-state index in [4.69, 9.17) is 4.74 Å². The molecule has 1 nitrogen and oxygen atoms in total. The van der Waals surface area contributed by atoms with Gasteiger partial charge in [0, 0.05) is 6.61 Å². The van der Waals surface area contributed by atoms with Gasteiger partial charge in [0.1, 0.15) is 0 Å². The van der Waals surface area contributed by atoms with Crippen molar-refractivity contribution < 1.29 is 4.74 Å². The summed E-state index contributed by atoms with van der Waals surface area (Å²) in [6.07, 6.45) is 2.72. The lowest BCUT2D eigenvalue weighted by Gasteiger charge is -2.18. The largest absolute Gasteiger partial charge is 0.377 e. The maximum Gasteiger partial charge on any atom is 0.0741 e. The zero-order valence-corrected chi connectivity index (χ0v) is 10.9. The summed E-state index contributed by atoms with van der Waals surface area (Å²) < 4.78 is 5.69. The van der Waals surface area contributed by atoms with Gasteiger partial charge in [0.2, 0.25) is 0 Å². The van der Waals surface area contributed by atoms with Crippen LogP contribution in [-0.4, -0.2) is 12.7 Å². The van der Waals surface area contributed by atoms with E-state index in [0.717, 1.165) is 6.61 Å². The third-order valence-electron chi connectivity index (χ3n) is 3.14. The van der Waals surface area contributed by atoms with Crippen molar-refractivity contribution in [2.45, 2.75) is 37.6 Å². The van der Waals surface area contributed by atoms with Crippen LogP contribution < -0.4 is 0 Å². The molecule has 0 spiro atoms. The van der Waals surface area contributed by atoms with Crippen molar-refractivity contribution in [2.75, 3.05) is 6.61 Å². The van der Waals surface area contributed by atoms with Gasteiger partial charge >= 0.3 is 0 Å². The Hall–Kier alpha value is -0.340. The van der Waals surface area contributed by atoms with Gasteiger partial charge in [-0.15, -0.1) is 0 Å². The average molecular weight is 269 g/mol. The summed E-state index contributed by atoms with van der Waals surface area (Å²) in [5, 5.41) is 0. The van der Waals surface area contributed by atoms with E-state index in [0.29, 0.717) is 10.9 Å². The Morgan fingerprint density at radius 3 is 2.73 bits per heavy atom. The van der Waals surface area contributed by atoms with E-state index < -0.39 is 0 Å². The number of ether oxygens (including phenoxy) is 1. The monoisotopic (exact) mass is 268 g/mol. The molecule has 0 N–H and O–H groups in total. The molecule has 1 saturated heterocycles. The predicted molar refractivity (Wildman–Crippen MR) is 66.6 cm³/mol. The van der Waals surface area contributed by atoms with Gasteiger partial charge in [0.15, 0.2) is 0 Å². The fourth-order valence-corrected chi connectivity index (χ4v) is 2.69. The lowest BCUT2D eigenvalue weighted by molar-refractivity contribution is 0.110. The first kappa shape index (κ1) is 11.2. The Balaban J connectivity index is 2.17. The van der Waals surface area contributed by atoms with Gasteiger partial charge < -0.3 is 4.74 Å². The first-order chi connectivity index (χ1) is 7.18. The Morgan fingerprint density at radius 2 is 2.13 bits per heavy atom. The molecule has 2 atom stereocenters. The van der Waals surface area contributed by atoms with Crippen LogP contribution in [-0.2, 0) is 4.74 Å². The van der Waals surface area contributed by atoms with Crippen LogP contribution in [0.2, 0.25) is 0 Å². The molecule has 2 rings (SSSR count). The van der Waals surface area contributed by atoms with Crippen LogP contribution in [0.5, 0.6) is 0 Å². The zero-order chi connectivity index (χ0) is 10.8. The van der Waals surface area contributed by atoms with Crippen molar-refractivity contribution in [1.82, 2.24) is 0 Å². The minimum atomic E-state index is 0.347. The predicted octanol–water partition coefficient (Wildman–Crippen LogP) is 3.92. The first-order valence-electron chi connectivity index (χ1n) is 5.51. The van der Waals surface area contributed by atoms with Crippen molar-refractivity contribution in [3.63, 3.8) is 0 Å². The highest BCUT2D eigenvalue weighted by molar-refractivity contribution is 9.09. The molecular formula is C13H17BrO. The van der Waals surface area contributed by atoms with E-state index in [1.165, 1.54) is 29.5 Å². The molecule has 1 fully saturated rings. The van der Waals surface area contributed by atoms with Crippen molar-refractivity contribution in [2.24, 2.45) is 0 Å². The van der Waals surface area contributed by atoms with Gasteiger partial charge in [-0.05, 0) is 43.4 Å². The molecule has 0 amide bonds. The number of hydrogen-bond acceptors (Lipinski definition) is 1. The van der Waals surface area contributed by atoms with Crippen molar-refractivity contribution in [3.05, 3.63) is 34.9 Å². The highest BCUT2D eigenvalue weighted by Gasteiger charge is 2.25. The lowest BCUT2D eigenvalue weighted by atomic mass is 10.0. The van der Waals surface area contributed by atoms with E-state index >= 15 is 0 Å². The second-order valence-electron chi connectivity index (χ2n) is 4.30. The zero-order valence-electron chi connectivity index (χ0n) is 9.29. The normalized spacial score (nSPS) is 23.0. The van der Waals surface area contributed by atoms with Gasteiger partial charge in [0.25, 0.3) is 0 Å². The molecular weight excluding hydrogens is 252 g/mol. The molecule has 1 aromatic rings. The molecule has 1 heterocycles. The number of aryl methyl sites for hydroxylation is 2. The highest BCUT2D eigenvalue weighted by Crippen LogP contribution is 2.34. The molecule has 1 aliphatic heterocycles. The molecule has 0 aromatic heterocycles. The Bertz CT molecular complexity index is 342.